The van der Waals surface area contributed by atoms with Gasteiger partial charge in [-0.2, -0.15) is 0 Å². The number of carbonyl (C=O) groups is 6. The number of carboxylic acid groups (broad SMARTS) is 1. The Morgan fingerprint density at radius 2 is 1.76 bits per heavy atom. The van der Waals surface area contributed by atoms with Gasteiger partial charge in [0.1, 0.15) is 18.6 Å². The first-order valence-corrected chi connectivity index (χ1v) is 8.95. The van der Waals surface area contributed by atoms with E-state index in [9.17, 15) is 28.8 Å². The minimum atomic E-state index is -1.28. The molecule has 0 aromatic carbocycles. The highest BCUT2D eigenvalue weighted by Gasteiger charge is 2.37. The van der Waals surface area contributed by atoms with Gasteiger partial charge in [-0.05, 0) is 19.3 Å². The Bertz CT molecular complexity index is 683. The first-order chi connectivity index (χ1) is 13.5. The molecule has 162 valence electrons. The Labute approximate surface area is 166 Å². The number of aliphatic carboxylic acids is 1. The average Bonchev–Trinajstić information content (AvgIpc) is 3.11. The summed E-state index contributed by atoms with van der Waals surface area (Å²) in [7, 11) is 0. The lowest BCUT2D eigenvalue weighted by molar-refractivity contribution is -0.141. The first kappa shape index (κ1) is 23.8. The van der Waals surface area contributed by atoms with Gasteiger partial charge in [0.05, 0.1) is 12.5 Å². The van der Waals surface area contributed by atoms with Crippen LogP contribution >= 0.6 is 0 Å². The summed E-state index contributed by atoms with van der Waals surface area (Å²) in [6.07, 6.45) is 0.0730. The highest BCUT2D eigenvalue weighted by Crippen LogP contribution is 2.19. The van der Waals surface area contributed by atoms with Gasteiger partial charge in [-0.3, -0.25) is 28.8 Å². The Morgan fingerprint density at radius 1 is 1.10 bits per heavy atom. The second-order valence-corrected chi connectivity index (χ2v) is 6.64. The molecular weight excluding hydrogens is 388 g/mol. The van der Waals surface area contributed by atoms with Crippen LogP contribution in [0, 0.1) is 0 Å². The van der Waals surface area contributed by atoms with Gasteiger partial charge in [0.2, 0.25) is 29.5 Å². The fourth-order valence-corrected chi connectivity index (χ4v) is 2.93. The molecular formula is C16H26N6O7. The molecule has 1 heterocycles. The van der Waals surface area contributed by atoms with E-state index in [2.05, 4.69) is 10.6 Å². The summed E-state index contributed by atoms with van der Waals surface area (Å²) < 4.78 is 0. The van der Waals surface area contributed by atoms with Crippen molar-refractivity contribution in [3.63, 3.8) is 0 Å². The second kappa shape index (κ2) is 10.9. The Balaban J connectivity index is 2.83. The molecule has 0 aromatic rings. The lowest BCUT2D eigenvalue weighted by Gasteiger charge is -2.28. The van der Waals surface area contributed by atoms with Crippen LogP contribution in [0.5, 0.6) is 0 Å². The molecule has 0 aromatic heterocycles. The zero-order valence-electron chi connectivity index (χ0n) is 15.8. The van der Waals surface area contributed by atoms with Crippen molar-refractivity contribution in [3.8, 4) is 0 Å². The number of carbonyl (C=O) groups excluding carboxylic acids is 5. The molecule has 1 saturated heterocycles. The molecule has 0 bridgehead atoms. The van der Waals surface area contributed by atoms with E-state index < -0.39 is 60.2 Å². The predicted molar refractivity (Wildman–Crippen MR) is 97.5 cm³/mol. The molecule has 13 heteroatoms. The van der Waals surface area contributed by atoms with Crippen molar-refractivity contribution in [1.82, 2.24) is 15.5 Å². The molecule has 0 radical (unpaired) electrons. The normalized spacial score (nSPS) is 17.8. The number of rotatable bonds is 11. The SMILES string of the molecule is NC(=O)CC[C@H](NC(=O)[C@@H]1CCCN1C(=O)[C@@H](N)CC(N)=O)C(=O)NCC(=O)O. The lowest BCUT2D eigenvalue weighted by Crippen LogP contribution is -2.55. The molecule has 1 rings (SSSR count). The molecule has 9 N–H and O–H groups in total. The van der Waals surface area contributed by atoms with Crippen molar-refractivity contribution in [2.24, 2.45) is 17.2 Å². The van der Waals surface area contributed by atoms with Gasteiger partial charge in [0, 0.05) is 13.0 Å². The molecule has 1 aliphatic heterocycles. The average molecular weight is 414 g/mol. The maximum absolute atomic E-state index is 12.7. The fraction of sp³-hybridized carbons (Fsp3) is 0.625. The number of nitrogens with zero attached hydrogens (tertiary/aromatic N) is 1. The molecule has 13 nitrogen and oxygen atoms in total. The van der Waals surface area contributed by atoms with Gasteiger partial charge in [-0.1, -0.05) is 0 Å². The summed E-state index contributed by atoms with van der Waals surface area (Å²) >= 11 is 0. The largest absolute Gasteiger partial charge is 0.480 e. The summed E-state index contributed by atoms with van der Waals surface area (Å²) in [5.41, 5.74) is 15.8. The smallest absolute Gasteiger partial charge is 0.322 e. The Hall–Kier alpha value is -3.22. The molecule has 0 spiro atoms. The van der Waals surface area contributed by atoms with Gasteiger partial charge in [-0.25, -0.2) is 0 Å². The minimum absolute atomic E-state index is 0.144. The number of hydrogen-bond donors (Lipinski definition) is 6. The van der Waals surface area contributed by atoms with Crippen LogP contribution in [0.1, 0.15) is 32.1 Å². The number of nitrogens with two attached hydrogens (primary N) is 3. The fourth-order valence-electron chi connectivity index (χ4n) is 2.93. The third-order valence-corrected chi connectivity index (χ3v) is 4.30. The maximum Gasteiger partial charge on any atom is 0.322 e. The number of amides is 5. The number of primary amides is 2. The molecule has 0 unspecified atom stereocenters. The second-order valence-electron chi connectivity index (χ2n) is 6.64. The standard InChI is InChI=1S/C16H26N6O7/c17-8(6-12(19)24)16(29)22-5-1-2-10(22)15(28)21-9(3-4-11(18)23)14(27)20-7-13(25)26/h8-10H,1-7,17H2,(H2,18,23)(H2,19,24)(H,20,27)(H,21,28)(H,25,26)/t8-,9-,10-/m0/s1. The first-order valence-electron chi connectivity index (χ1n) is 8.95. The summed E-state index contributed by atoms with van der Waals surface area (Å²) in [4.78, 5) is 71.0. The topological polar surface area (TPSA) is 228 Å². The zero-order valence-corrected chi connectivity index (χ0v) is 15.8. The van der Waals surface area contributed by atoms with Crippen LogP contribution in [0.4, 0.5) is 0 Å². The van der Waals surface area contributed by atoms with Gasteiger partial charge in [0.15, 0.2) is 0 Å². The Morgan fingerprint density at radius 3 is 2.31 bits per heavy atom. The molecule has 1 aliphatic rings. The van der Waals surface area contributed by atoms with Crippen LogP contribution in [0.2, 0.25) is 0 Å². The number of nitrogens with one attached hydrogen (secondary N) is 2. The molecule has 5 amide bonds. The summed E-state index contributed by atoms with van der Waals surface area (Å²) in [6.45, 7) is -0.432. The van der Waals surface area contributed by atoms with Gasteiger partial charge in [-0.15, -0.1) is 0 Å². The summed E-state index contributed by atoms with van der Waals surface area (Å²) in [5, 5.41) is 13.2. The van der Waals surface area contributed by atoms with E-state index in [0.29, 0.717) is 12.8 Å². The number of likely N-dealkylation sites (tertiary alicyclic amines) is 1. The van der Waals surface area contributed by atoms with Gasteiger partial charge in [0.25, 0.3) is 0 Å². The molecule has 29 heavy (non-hydrogen) atoms. The van der Waals surface area contributed by atoms with E-state index in [1.807, 2.05) is 0 Å². The molecule has 0 saturated carbocycles. The number of carboxylic acids is 1. The highest BCUT2D eigenvalue weighted by molar-refractivity contribution is 5.95. The quantitative estimate of drug-likeness (QED) is 0.195. The molecule has 3 atom stereocenters. The van der Waals surface area contributed by atoms with Crippen molar-refractivity contribution in [1.29, 1.82) is 0 Å². The van der Waals surface area contributed by atoms with Crippen LogP contribution in [0.3, 0.4) is 0 Å². The zero-order chi connectivity index (χ0) is 22.1. The van der Waals surface area contributed by atoms with E-state index in [4.69, 9.17) is 22.3 Å². The minimum Gasteiger partial charge on any atom is -0.480 e. The van der Waals surface area contributed by atoms with Crippen molar-refractivity contribution < 1.29 is 33.9 Å². The van der Waals surface area contributed by atoms with Crippen LogP contribution < -0.4 is 27.8 Å². The van der Waals surface area contributed by atoms with Crippen molar-refractivity contribution in [2.45, 2.75) is 50.2 Å². The molecule has 1 fully saturated rings. The van der Waals surface area contributed by atoms with E-state index in [-0.39, 0.29) is 25.8 Å². The monoisotopic (exact) mass is 414 g/mol. The van der Waals surface area contributed by atoms with E-state index in [1.54, 1.807) is 0 Å². The van der Waals surface area contributed by atoms with Crippen molar-refractivity contribution in [3.05, 3.63) is 0 Å². The van der Waals surface area contributed by atoms with Crippen LogP contribution in [0.15, 0.2) is 0 Å². The van der Waals surface area contributed by atoms with Crippen LogP contribution in [-0.2, 0) is 28.8 Å². The van der Waals surface area contributed by atoms with Gasteiger partial charge < -0.3 is 37.8 Å². The maximum atomic E-state index is 12.7. The summed E-state index contributed by atoms with van der Waals surface area (Å²) in [5.74, 6) is -4.83. The van der Waals surface area contributed by atoms with Gasteiger partial charge >= 0.3 is 5.97 Å². The Kier molecular flexibility index (Phi) is 8.99. The third-order valence-electron chi connectivity index (χ3n) is 4.30. The van der Waals surface area contributed by atoms with Crippen LogP contribution in [0.25, 0.3) is 0 Å². The van der Waals surface area contributed by atoms with Crippen molar-refractivity contribution >= 4 is 35.5 Å². The third kappa shape index (κ3) is 7.73. The predicted octanol–water partition coefficient (Wildman–Crippen LogP) is -3.87. The van der Waals surface area contributed by atoms with Crippen molar-refractivity contribution in [2.75, 3.05) is 13.1 Å². The van der Waals surface area contributed by atoms with E-state index >= 15 is 0 Å². The van der Waals surface area contributed by atoms with E-state index in [1.165, 1.54) is 4.90 Å². The lowest BCUT2D eigenvalue weighted by atomic mass is 10.1. The molecule has 0 aliphatic carbocycles. The van der Waals surface area contributed by atoms with Crippen LogP contribution in [-0.4, -0.2) is 76.7 Å². The highest BCUT2D eigenvalue weighted by atomic mass is 16.4. The summed E-state index contributed by atoms with van der Waals surface area (Å²) in [6, 6.07) is -3.33. The number of hydrogen-bond acceptors (Lipinski definition) is 7. The van der Waals surface area contributed by atoms with E-state index in [0.717, 1.165) is 0 Å².